The second-order valence-electron chi connectivity index (χ2n) is 20.0. The molecule has 0 bridgehead atoms. The van der Waals surface area contributed by atoms with E-state index in [1.807, 2.05) is 111 Å². The van der Waals surface area contributed by atoms with Crippen molar-refractivity contribution in [3.63, 3.8) is 0 Å². The summed E-state index contributed by atoms with van der Waals surface area (Å²) in [7, 11) is 3.39. The third-order valence-electron chi connectivity index (χ3n) is 12.2. The van der Waals surface area contributed by atoms with Crippen LogP contribution in [0.5, 0.6) is 0 Å². The lowest BCUT2D eigenvalue weighted by Gasteiger charge is -2.34. The quantitative estimate of drug-likeness (QED) is 0.0999. The van der Waals surface area contributed by atoms with E-state index in [-0.39, 0.29) is 35.6 Å². The Hall–Kier alpha value is -6.22. The summed E-state index contributed by atoms with van der Waals surface area (Å²) < 4.78 is 17.8. The van der Waals surface area contributed by atoms with Crippen LogP contribution in [0.25, 0.3) is 26.9 Å². The number of hydrogen-bond donors (Lipinski definition) is 2. The molecule has 0 spiro atoms. The van der Waals surface area contributed by atoms with Gasteiger partial charge in [-0.2, -0.15) is 0 Å². The molecule has 20 heteroatoms. The van der Waals surface area contributed by atoms with Gasteiger partial charge in [0.15, 0.2) is 0 Å². The first kappa shape index (κ1) is 52.6. The van der Waals surface area contributed by atoms with Gasteiger partial charge in [0.25, 0.3) is 17.7 Å². The Bertz CT molecular complexity index is 3090. The Kier molecular flexibility index (Phi) is 16.3. The molecule has 6 heterocycles. The Labute approximate surface area is 428 Å². The van der Waals surface area contributed by atoms with Gasteiger partial charge in [0, 0.05) is 68.1 Å². The van der Waals surface area contributed by atoms with Crippen LogP contribution in [0.2, 0.25) is 10.0 Å². The molecule has 2 fully saturated rings. The number of ether oxygens (including phenoxy) is 2. The van der Waals surface area contributed by atoms with Crippen LogP contribution in [0, 0.1) is 6.57 Å². The number of imidazole rings is 2. The maximum atomic E-state index is 13.4. The number of alkyl halides is 1. The molecule has 2 amide bonds. The fraction of sp³-hybridized carbons (Fsp3) is 0.471. The molecule has 17 nitrogen and oxygen atoms in total. The second kappa shape index (κ2) is 22.0. The smallest absolute Gasteiger partial charge is 0.407 e. The topological polar surface area (TPSA) is 167 Å². The summed E-state index contributed by atoms with van der Waals surface area (Å²) in [6.45, 7) is 21.7. The molecule has 2 aliphatic rings. The molecule has 4 aromatic heterocycles. The molecule has 6 aromatic rings. The maximum Gasteiger partial charge on any atom is 0.407 e. The average Bonchev–Trinajstić information content (AvgIpc) is 3.85. The Balaban J connectivity index is 0.000000209. The van der Waals surface area contributed by atoms with Gasteiger partial charge < -0.3 is 53.0 Å². The summed E-state index contributed by atoms with van der Waals surface area (Å²) in [6.07, 6.45) is 2.47. The zero-order valence-electron chi connectivity index (χ0n) is 41.5. The van der Waals surface area contributed by atoms with Crippen LogP contribution in [0.1, 0.15) is 89.7 Å². The van der Waals surface area contributed by atoms with Gasteiger partial charge in [0.2, 0.25) is 11.9 Å². The van der Waals surface area contributed by atoms with Crippen LogP contribution >= 0.6 is 34.8 Å². The number of amides is 2. The molecule has 2 atom stereocenters. The minimum Gasteiger partial charge on any atom is -0.444 e. The highest BCUT2D eigenvalue weighted by Gasteiger charge is 2.31. The fourth-order valence-electron chi connectivity index (χ4n) is 8.90. The van der Waals surface area contributed by atoms with Crippen LogP contribution in [0.3, 0.4) is 0 Å². The normalized spacial score (nSPS) is 16.3. The van der Waals surface area contributed by atoms with Crippen LogP contribution in [-0.4, -0.2) is 89.9 Å². The lowest BCUT2D eigenvalue weighted by atomic mass is 10.1. The number of alkyl carbamates (subject to hydrolysis) is 2. The Morgan fingerprint density at radius 3 is 1.51 bits per heavy atom. The van der Waals surface area contributed by atoms with E-state index in [4.69, 9.17) is 60.8 Å². The number of nitrogens with one attached hydrogen (secondary N) is 2. The number of piperidine rings is 2. The van der Waals surface area contributed by atoms with Crippen molar-refractivity contribution in [2.45, 2.75) is 116 Å². The molecule has 0 radical (unpaired) electrons. The van der Waals surface area contributed by atoms with Crippen LogP contribution in [-0.2, 0) is 49.1 Å². The lowest BCUT2D eigenvalue weighted by molar-refractivity contribution is 0.0488. The van der Waals surface area contributed by atoms with Crippen molar-refractivity contribution >= 4 is 81.0 Å². The van der Waals surface area contributed by atoms with Gasteiger partial charge in [-0.3, -0.25) is 9.59 Å². The van der Waals surface area contributed by atoms with Gasteiger partial charge >= 0.3 is 12.2 Å². The zero-order chi connectivity index (χ0) is 51.4. The number of halogens is 3. The van der Waals surface area contributed by atoms with E-state index < -0.39 is 23.4 Å². The van der Waals surface area contributed by atoms with Gasteiger partial charge in [0.1, 0.15) is 27.9 Å². The molecule has 0 unspecified atom stereocenters. The minimum atomic E-state index is -0.579. The molecule has 0 saturated carbocycles. The molecular weight excluding hydrogens is 969 g/mol. The molecule has 8 rings (SSSR count). The molecule has 71 heavy (non-hydrogen) atoms. The molecule has 0 aliphatic carbocycles. The van der Waals surface area contributed by atoms with Crippen molar-refractivity contribution in [1.29, 1.82) is 0 Å². The minimum absolute atomic E-state index is 0.0972. The van der Waals surface area contributed by atoms with Crippen molar-refractivity contribution in [1.82, 2.24) is 38.9 Å². The first-order valence-corrected chi connectivity index (χ1v) is 25.0. The predicted molar refractivity (Wildman–Crippen MR) is 280 cm³/mol. The number of anilines is 2. The highest BCUT2D eigenvalue weighted by atomic mass is 35.5. The third kappa shape index (κ3) is 12.6. The summed E-state index contributed by atoms with van der Waals surface area (Å²) in [6, 6.07) is 18.5. The summed E-state index contributed by atoms with van der Waals surface area (Å²) in [5, 5.41) is 7.18. The SMILES string of the molecule is Cn1c(CCl)cc2nc(N3CCC[C@@H](NC(=O)OC(C)(C)C)C3)n(Cc3ccccc3Cl)c2c1=O.[C-]#[N+]Cc1cc2nc(N3CCC[C@@H](NC(=O)OC(C)(C)C)C3)n(Cc3ccccc3Cl)c2c(=O)n1C. The molecule has 2 aromatic carbocycles. The molecule has 2 aliphatic heterocycles. The van der Waals surface area contributed by atoms with E-state index in [0.717, 1.165) is 49.9 Å². The number of carbonyl (C=O) groups is 2. The molecule has 2 saturated heterocycles. The van der Waals surface area contributed by atoms with Crippen molar-refractivity contribution in [2.24, 2.45) is 14.1 Å². The van der Waals surface area contributed by atoms with Crippen molar-refractivity contribution in [3.8, 4) is 0 Å². The van der Waals surface area contributed by atoms with Gasteiger partial charge in [-0.05, 0) is 103 Å². The van der Waals surface area contributed by atoms with Crippen LogP contribution in [0.4, 0.5) is 21.5 Å². The van der Waals surface area contributed by atoms with Crippen molar-refractivity contribution < 1.29 is 19.1 Å². The standard InChI is InChI=1S/C26H31ClN6O3.C25H31Cl2N5O3/c1-26(2,3)36-25(35)29-18-10-8-12-32(16-18)24-30-21-13-19(14-28-4)31(5)23(34)22(21)33(24)15-17-9-6-7-11-20(17)27;1-25(2,3)35-24(34)28-17-9-7-11-31(15-17)23-29-20-12-18(13-26)30(4)22(33)21(20)32(23)14-16-8-5-6-10-19(16)27/h6-7,9,11,13,18H,8,10,12,14-16H2,1-3,5H3,(H,29,35);5-6,8,10,12,17H,7,9,11,13-15H2,1-4H3,(H,28,34)/t18-;17-/m11/s1. The van der Waals surface area contributed by atoms with E-state index in [1.54, 1.807) is 18.7 Å². The summed E-state index contributed by atoms with van der Waals surface area (Å²) in [5.41, 5.74) is 3.64. The number of fused-ring (bicyclic) bond motifs is 2. The summed E-state index contributed by atoms with van der Waals surface area (Å²) in [5.74, 6) is 1.51. The van der Waals surface area contributed by atoms with Gasteiger partial charge in [-0.1, -0.05) is 59.6 Å². The number of aromatic nitrogens is 6. The van der Waals surface area contributed by atoms with Gasteiger partial charge in [-0.15, -0.1) is 11.6 Å². The lowest BCUT2D eigenvalue weighted by Crippen LogP contribution is -2.49. The number of carbonyl (C=O) groups excluding carboxylic acids is 2. The highest BCUT2D eigenvalue weighted by Crippen LogP contribution is 2.30. The van der Waals surface area contributed by atoms with Crippen LogP contribution < -0.4 is 31.6 Å². The van der Waals surface area contributed by atoms with Gasteiger partial charge in [-0.25, -0.2) is 26.1 Å². The van der Waals surface area contributed by atoms with Gasteiger partial charge in [0.05, 0.1) is 30.0 Å². The van der Waals surface area contributed by atoms with E-state index in [0.29, 0.717) is 81.6 Å². The van der Waals surface area contributed by atoms with E-state index in [1.165, 1.54) is 4.57 Å². The number of pyridine rings is 2. The first-order chi connectivity index (χ1) is 33.6. The molecule has 2 N–H and O–H groups in total. The Morgan fingerprint density at radius 2 is 1.11 bits per heavy atom. The number of benzene rings is 2. The second-order valence-corrected chi connectivity index (χ2v) is 21.0. The zero-order valence-corrected chi connectivity index (χ0v) is 43.8. The van der Waals surface area contributed by atoms with E-state index in [2.05, 4.69) is 25.3 Å². The Morgan fingerprint density at radius 1 is 0.704 bits per heavy atom. The van der Waals surface area contributed by atoms with E-state index in [9.17, 15) is 19.2 Å². The number of rotatable bonds is 10. The largest absolute Gasteiger partial charge is 0.444 e. The predicted octanol–water partition coefficient (Wildman–Crippen LogP) is 9.02. The maximum absolute atomic E-state index is 13.4. The monoisotopic (exact) mass is 1030 g/mol. The highest BCUT2D eigenvalue weighted by molar-refractivity contribution is 6.31. The van der Waals surface area contributed by atoms with Crippen molar-refractivity contribution in [3.05, 3.63) is 125 Å². The number of nitrogens with zero attached hydrogens (tertiary/aromatic N) is 9. The third-order valence-corrected chi connectivity index (χ3v) is 13.2. The molecular formula is C51H62Cl3N11O6. The summed E-state index contributed by atoms with van der Waals surface area (Å²) >= 11 is 19.0. The number of hydrogen-bond acceptors (Lipinski definition) is 10. The van der Waals surface area contributed by atoms with E-state index >= 15 is 0 Å². The average molecular weight is 1030 g/mol. The first-order valence-electron chi connectivity index (χ1n) is 23.7. The van der Waals surface area contributed by atoms with Crippen LogP contribution in [0.15, 0.2) is 70.3 Å². The summed E-state index contributed by atoms with van der Waals surface area (Å²) in [4.78, 5) is 68.9. The van der Waals surface area contributed by atoms with Crippen molar-refractivity contribution in [2.75, 3.05) is 36.0 Å². The molecule has 378 valence electrons. The fourth-order valence-corrected chi connectivity index (χ4v) is 9.54.